The Hall–Kier alpha value is -4.78. The number of carbonyl (C=O) groups is 1. The molecule has 1 aliphatic rings. The smallest absolute Gasteiger partial charge is 0.254 e. The Labute approximate surface area is 227 Å². The van der Waals surface area contributed by atoms with Crippen LogP contribution in [0.15, 0.2) is 85.1 Å². The van der Waals surface area contributed by atoms with Crippen LogP contribution in [0, 0.1) is 6.92 Å². The minimum absolute atomic E-state index is 0.00908. The fraction of sp³-hybridized carbons (Fsp3) is 0.188. The molecule has 0 atom stereocenters. The first-order valence-corrected chi connectivity index (χ1v) is 13.1. The quantitative estimate of drug-likeness (QED) is 0.307. The number of aromatic nitrogens is 3. The van der Waals surface area contributed by atoms with Gasteiger partial charge in [0.25, 0.3) is 5.91 Å². The van der Waals surface area contributed by atoms with Crippen LogP contribution in [0.2, 0.25) is 0 Å². The van der Waals surface area contributed by atoms with Crippen molar-refractivity contribution in [1.29, 1.82) is 0 Å². The van der Waals surface area contributed by atoms with Gasteiger partial charge in [-0.3, -0.25) is 9.78 Å². The summed E-state index contributed by atoms with van der Waals surface area (Å²) >= 11 is 0. The third-order valence-corrected chi connectivity index (χ3v) is 7.07. The molecule has 5 aromatic rings. The van der Waals surface area contributed by atoms with Crippen molar-refractivity contribution in [3.8, 4) is 17.1 Å². The summed E-state index contributed by atoms with van der Waals surface area (Å²) in [4.78, 5) is 29.5. The third-order valence-electron chi connectivity index (χ3n) is 7.07. The van der Waals surface area contributed by atoms with Crippen molar-refractivity contribution in [2.45, 2.75) is 26.5 Å². The molecule has 2 aromatic heterocycles. The van der Waals surface area contributed by atoms with Crippen LogP contribution < -0.4 is 10.1 Å². The molecular weight excluding hydrogens is 486 g/mol. The third kappa shape index (κ3) is 5.16. The molecule has 1 amide bonds. The maximum absolute atomic E-state index is 13.4. The van der Waals surface area contributed by atoms with E-state index in [9.17, 15) is 4.79 Å². The van der Waals surface area contributed by atoms with E-state index in [4.69, 9.17) is 14.7 Å². The van der Waals surface area contributed by atoms with Crippen LogP contribution in [0.1, 0.15) is 32.7 Å². The number of fused-ring (bicyclic) bond motifs is 2. The molecular formula is C32H29N5O2. The van der Waals surface area contributed by atoms with Crippen molar-refractivity contribution in [3.05, 3.63) is 113 Å². The Bertz CT molecular complexity index is 1650. The number of benzene rings is 3. The second-order valence-corrected chi connectivity index (χ2v) is 9.76. The van der Waals surface area contributed by atoms with E-state index in [1.165, 1.54) is 5.56 Å². The lowest BCUT2D eigenvalue weighted by Crippen LogP contribution is -2.37. The molecule has 6 rings (SSSR count). The van der Waals surface area contributed by atoms with Crippen molar-refractivity contribution >= 4 is 22.6 Å². The van der Waals surface area contributed by atoms with E-state index in [0.717, 1.165) is 44.9 Å². The van der Waals surface area contributed by atoms with Gasteiger partial charge < -0.3 is 15.0 Å². The molecule has 3 heterocycles. The summed E-state index contributed by atoms with van der Waals surface area (Å²) in [6, 6.07) is 25.7. The zero-order valence-corrected chi connectivity index (χ0v) is 22.0. The Morgan fingerprint density at radius 3 is 2.59 bits per heavy atom. The number of aryl methyl sites for hydroxylation is 1. The molecule has 0 saturated heterocycles. The minimum atomic E-state index is -0.00908. The Kier molecular flexibility index (Phi) is 6.63. The molecule has 0 saturated carbocycles. The number of carbonyl (C=O) groups excluding carboxylic acids is 1. The van der Waals surface area contributed by atoms with Gasteiger partial charge in [0.2, 0.25) is 0 Å². The lowest BCUT2D eigenvalue weighted by atomic mass is 10.0. The SMILES string of the molecule is CNc1nc(-c2cnc3ccccc3c2)nc2c1CCN(C(=O)c1ccc(COc3ccc(C)cc3)cc1)C2. The van der Waals surface area contributed by atoms with E-state index in [0.29, 0.717) is 37.5 Å². The van der Waals surface area contributed by atoms with E-state index in [1.54, 1.807) is 6.20 Å². The van der Waals surface area contributed by atoms with Crippen LogP contribution in [-0.2, 0) is 19.6 Å². The van der Waals surface area contributed by atoms with E-state index < -0.39 is 0 Å². The highest BCUT2D eigenvalue weighted by atomic mass is 16.5. The highest BCUT2D eigenvalue weighted by Gasteiger charge is 2.26. The monoisotopic (exact) mass is 515 g/mol. The topological polar surface area (TPSA) is 80.2 Å². The number of para-hydroxylation sites is 1. The number of amides is 1. The number of nitrogens with zero attached hydrogens (tertiary/aromatic N) is 4. The lowest BCUT2D eigenvalue weighted by molar-refractivity contribution is 0.0732. The van der Waals surface area contributed by atoms with Gasteiger partial charge >= 0.3 is 0 Å². The predicted octanol–water partition coefficient (Wildman–Crippen LogP) is 5.82. The molecule has 0 radical (unpaired) electrons. The first-order valence-electron chi connectivity index (χ1n) is 13.1. The number of anilines is 1. The van der Waals surface area contributed by atoms with Crippen LogP contribution in [0.25, 0.3) is 22.3 Å². The highest BCUT2D eigenvalue weighted by molar-refractivity contribution is 5.94. The standard InChI is InChI=1S/C32H29N5O2/c1-21-7-13-26(14-8-21)39-20-22-9-11-23(12-10-22)32(38)37-16-15-27-29(19-37)35-30(36-31(27)33-2)25-17-24-5-3-4-6-28(24)34-18-25/h3-14,17-18H,15-16,19-20H2,1-2H3,(H,33,35,36). The Morgan fingerprint density at radius 1 is 1.00 bits per heavy atom. The fourth-order valence-corrected chi connectivity index (χ4v) is 4.86. The molecule has 0 spiro atoms. The maximum Gasteiger partial charge on any atom is 0.254 e. The molecule has 3 aromatic carbocycles. The molecule has 1 N–H and O–H groups in total. The molecule has 39 heavy (non-hydrogen) atoms. The second-order valence-electron chi connectivity index (χ2n) is 9.76. The van der Waals surface area contributed by atoms with E-state index in [1.807, 2.05) is 91.7 Å². The van der Waals surface area contributed by atoms with E-state index in [-0.39, 0.29) is 5.91 Å². The first-order chi connectivity index (χ1) is 19.1. The van der Waals surface area contributed by atoms with Gasteiger partial charge in [0.05, 0.1) is 17.8 Å². The summed E-state index contributed by atoms with van der Waals surface area (Å²) in [5.74, 6) is 2.22. The van der Waals surface area contributed by atoms with Gasteiger partial charge in [0, 0.05) is 41.9 Å². The number of pyridine rings is 1. The summed E-state index contributed by atoms with van der Waals surface area (Å²) in [5.41, 5.74) is 6.55. The first kappa shape index (κ1) is 24.6. The molecule has 7 nitrogen and oxygen atoms in total. The van der Waals surface area contributed by atoms with Gasteiger partial charge in [-0.05, 0) is 55.3 Å². The van der Waals surface area contributed by atoms with Gasteiger partial charge in [-0.1, -0.05) is 48.0 Å². The van der Waals surface area contributed by atoms with Crippen molar-refractivity contribution in [2.75, 3.05) is 18.9 Å². The van der Waals surface area contributed by atoms with Gasteiger partial charge in [-0.2, -0.15) is 0 Å². The van der Waals surface area contributed by atoms with Gasteiger partial charge in [0.1, 0.15) is 18.2 Å². The van der Waals surface area contributed by atoms with Gasteiger partial charge in [-0.25, -0.2) is 9.97 Å². The molecule has 0 fully saturated rings. The Morgan fingerprint density at radius 2 is 1.79 bits per heavy atom. The largest absolute Gasteiger partial charge is 0.489 e. The van der Waals surface area contributed by atoms with Crippen LogP contribution >= 0.6 is 0 Å². The van der Waals surface area contributed by atoms with Crippen LogP contribution in [0.4, 0.5) is 5.82 Å². The highest BCUT2D eigenvalue weighted by Crippen LogP contribution is 2.28. The fourth-order valence-electron chi connectivity index (χ4n) is 4.86. The van der Waals surface area contributed by atoms with Crippen molar-refractivity contribution in [2.24, 2.45) is 0 Å². The number of hydrogen-bond acceptors (Lipinski definition) is 6. The summed E-state index contributed by atoms with van der Waals surface area (Å²) in [7, 11) is 1.87. The second kappa shape index (κ2) is 10.5. The minimum Gasteiger partial charge on any atom is -0.489 e. The van der Waals surface area contributed by atoms with E-state index in [2.05, 4.69) is 16.4 Å². The number of rotatable bonds is 6. The zero-order chi connectivity index (χ0) is 26.8. The zero-order valence-electron chi connectivity index (χ0n) is 22.0. The van der Waals surface area contributed by atoms with E-state index >= 15 is 0 Å². The summed E-state index contributed by atoms with van der Waals surface area (Å²) < 4.78 is 5.88. The molecule has 0 aliphatic carbocycles. The summed E-state index contributed by atoms with van der Waals surface area (Å²) in [6.07, 6.45) is 2.50. The van der Waals surface area contributed by atoms with Crippen LogP contribution in [0.3, 0.4) is 0 Å². The predicted molar refractivity (Wildman–Crippen MR) is 153 cm³/mol. The number of hydrogen-bond donors (Lipinski definition) is 1. The number of nitrogens with one attached hydrogen (secondary N) is 1. The lowest BCUT2D eigenvalue weighted by Gasteiger charge is -2.29. The summed E-state index contributed by atoms with van der Waals surface area (Å²) in [5, 5.41) is 4.26. The Balaban J connectivity index is 1.19. The van der Waals surface area contributed by atoms with Gasteiger partial charge in [0.15, 0.2) is 5.82 Å². The maximum atomic E-state index is 13.4. The number of ether oxygens (including phenoxy) is 1. The summed E-state index contributed by atoms with van der Waals surface area (Å²) in [6.45, 7) is 3.54. The average Bonchev–Trinajstić information content (AvgIpc) is 2.99. The molecule has 7 heteroatoms. The van der Waals surface area contributed by atoms with Gasteiger partial charge in [-0.15, -0.1) is 0 Å². The van der Waals surface area contributed by atoms with Crippen molar-refractivity contribution in [1.82, 2.24) is 19.9 Å². The normalized spacial score (nSPS) is 12.7. The average molecular weight is 516 g/mol. The van der Waals surface area contributed by atoms with Crippen molar-refractivity contribution in [3.63, 3.8) is 0 Å². The molecule has 194 valence electrons. The molecule has 1 aliphatic heterocycles. The van der Waals surface area contributed by atoms with Crippen molar-refractivity contribution < 1.29 is 9.53 Å². The van der Waals surface area contributed by atoms with Crippen LogP contribution in [0.5, 0.6) is 5.75 Å². The van der Waals surface area contributed by atoms with Crippen LogP contribution in [-0.4, -0.2) is 39.4 Å². The molecule has 0 unspecified atom stereocenters. The molecule has 0 bridgehead atoms.